The number of nitrogens with zero attached hydrogens (tertiary/aromatic N) is 2. The van der Waals surface area contributed by atoms with Crippen LogP contribution in [0.3, 0.4) is 0 Å². The lowest BCUT2D eigenvalue weighted by Gasteiger charge is -2.29. The molecule has 7 heteroatoms. The Balaban J connectivity index is 2.66. The van der Waals surface area contributed by atoms with Crippen LogP contribution in [0.15, 0.2) is 46.8 Å². The SMILES string of the molecule is CC1=C(C#N)[C@@H](c2cccc(N([O-])O)c2)C(C(=O)O)=C(C)N1. The minimum atomic E-state index is -1.15. The molecule has 0 aliphatic carbocycles. The van der Waals surface area contributed by atoms with Crippen LogP contribution in [0.5, 0.6) is 0 Å². The van der Waals surface area contributed by atoms with Gasteiger partial charge < -0.3 is 20.9 Å². The van der Waals surface area contributed by atoms with Crippen LogP contribution >= 0.6 is 0 Å². The summed E-state index contributed by atoms with van der Waals surface area (Å²) in [6.45, 7) is 3.30. The molecule has 0 amide bonds. The van der Waals surface area contributed by atoms with Gasteiger partial charge in [0.25, 0.3) is 0 Å². The Kier molecular flexibility index (Phi) is 4.17. The third-order valence-electron chi connectivity index (χ3n) is 3.54. The minimum absolute atomic E-state index is 0.0339. The molecule has 1 aliphatic heterocycles. The Morgan fingerprint density at radius 1 is 1.41 bits per heavy atom. The number of allylic oxidation sites excluding steroid dienone is 3. The van der Waals surface area contributed by atoms with E-state index in [4.69, 9.17) is 5.21 Å². The molecule has 22 heavy (non-hydrogen) atoms. The van der Waals surface area contributed by atoms with E-state index in [0.717, 1.165) is 0 Å². The molecule has 1 aliphatic rings. The van der Waals surface area contributed by atoms with Crippen molar-refractivity contribution in [3.8, 4) is 6.07 Å². The molecule has 7 nitrogen and oxygen atoms in total. The zero-order chi connectivity index (χ0) is 16.4. The first-order valence-electron chi connectivity index (χ1n) is 6.44. The lowest BCUT2D eigenvalue weighted by molar-refractivity contribution is -0.133. The van der Waals surface area contributed by atoms with Gasteiger partial charge in [-0.3, -0.25) is 5.21 Å². The molecule has 114 valence electrons. The van der Waals surface area contributed by atoms with Gasteiger partial charge in [-0.05, 0) is 31.5 Å². The molecule has 3 N–H and O–H groups in total. The number of aliphatic carboxylic acids is 1. The predicted octanol–water partition coefficient (Wildman–Crippen LogP) is 2.22. The molecule has 0 unspecified atom stereocenters. The van der Waals surface area contributed by atoms with Crippen molar-refractivity contribution in [2.45, 2.75) is 19.8 Å². The van der Waals surface area contributed by atoms with Gasteiger partial charge in [-0.15, -0.1) is 0 Å². The number of dihydropyridines is 1. The number of carboxylic acids is 1. The lowest BCUT2D eigenvalue weighted by atomic mass is 9.81. The fourth-order valence-corrected chi connectivity index (χ4v) is 2.58. The van der Waals surface area contributed by atoms with Crippen LogP contribution in [0.2, 0.25) is 0 Å². The highest BCUT2D eigenvalue weighted by Gasteiger charge is 2.33. The summed E-state index contributed by atoms with van der Waals surface area (Å²) >= 11 is 0. The fourth-order valence-electron chi connectivity index (χ4n) is 2.58. The third-order valence-corrected chi connectivity index (χ3v) is 3.54. The Morgan fingerprint density at radius 3 is 2.64 bits per heavy atom. The van der Waals surface area contributed by atoms with E-state index < -0.39 is 11.9 Å². The van der Waals surface area contributed by atoms with Crippen molar-refractivity contribution < 1.29 is 15.1 Å². The first-order chi connectivity index (χ1) is 10.4. The van der Waals surface area contributed by atoms with Crippen LogP contribution < -0.4 is 10.5 Å². The number of benzene rings is 1. The van der Waals surface area contributed by atoms with E-state index in [1.165, 1.54) is 18.2 Å². The topological polar surface area (TPSA) is 120 Å². The monoisotopic (exact) mass is 300 g/mol. The zero-order valence-corrected chi connectivity index (χ0v) is 12.0. The first kappa shape index (κ1) is 15.6. The van der Waals surface area contributed by atoms with E-state index in [0.29, 0.717) is 17.0 Å². The third kappa shape index (κ3) is 2.65. The summed E-state index contributed by atoms with van der Waals surface area (Å²) in [5.74, 6) is -1.95. The number of nitriles is 1. The van der Waals surface area contributed by atoms with E-state index in [1.807, 2.05) is 6.07 Å². The summed E-state index contributed by atoms with van der Waals surface area (Å²) in [6.07, 6.45) is 0. The Labute approximate surface area is 126 Å². The maximum Gasteiger partial charge on any atom is 0.334 e. The van der Waals surface area contributed by atoms with Crippen molar-refractivity contribution in [3.63, 3.8) is 0 Å². The second-order valence-electron chi connectivity index (χ2n) is 4.92. The van der Waals surface area contributed by atoms with Crippen molar-refractivity contribution >= 4 is 11.7 Å². The van der Waals surface area contributed by atoms with E-state index in [2.05, 4.69) is 5.32 Å². The van der Waals surface area contributed by atoms with Gasteiger partial charge in [0.15, 0.2) is 0 Å². The van der Waals surface area contributed by atoms with Crippen molar-refractivity contribution in [1.82, 2.24) is 5.32 Å². The molecular formula is C15H14N3O4-. The molecule has 1 atom stereocenters. The van der Waals surface area contributed by atoms with Crippen LogP contribution in [-0.2, 0) is 4.79 Å². The van der Waals surface area contributed by atoms with E-state index >= 15 is 0 Å². The molecule has 1 aromatic rings. The lowest BCUT2D eigenvalue weighted by Crippen LogP contribution is -2.27. The summed E-state index contributed by atoms with van der Waals surface area (Å²) in [7, 11) is 0. The Bertz CT molecular complexity index is 729. The zero-order valence-electron chi connectivity index (χ0n) is 12.0. The molecule has 1 heterocycles. The smallest absolute Gasteiger partial charge is 0.334 e. The van der Waals surface area contributed by atoms with E-state index in [9.17, 15) is 20.4 Å². The first-order valence-corrected chi connectivity index (χ1v) is 6.44. The molecule has 0 spiro atoms. The van der Waals surface area contributed by atoms with E-state index in [1.54, 1.807) is 19.9 Å². The van der Waals surface area contributed by atoms with Crippen molar-refractivity contribution in [3.05, 3.63) is 57.6 Å². The quantitative estimate of drug-likeness (QED) is 0.732. The maximum absolute atomic E-state index is 11.6. The van der Waals surface area contributed by atoms with Crippen molar-refractivity contribution in [1.29, 1.82) is 5.26 Å². The van der Waals surface area contributed by atoms with Gasteiger partial charge in [-0.2, -0.15) is 5.26 Å². The second-order valence-corrected chi connectivity index (χ2v) is 4.92. The number of rotatable bonds is 3. The molecule has 0 fully saturated rings. The van der Waals surface area contributed by atoms with Gasteiger partial charge in [-0.1, -0.05) is 12.1 Å². The van der Waals surface area contributed by atoms with Gasteiger partial charge in [0.1, 0.15) is 0 Å². The van der Waals surface area contributed by atoms with Crippen molar-refractivity contribution in [2.24, 2.45) is 0 Å². The Morgan fingerprint density at radius 2 is 2.09 bits per heavy atom. The fraction of sp³-hybridized carbons (Fsp3) is 0.200. The largest absolute Gasteiger partial charge is 0.733 e. The highest BCUT2D eigenvalue weighted by Crippen LogP contribution is 2.38. The highest BCUT2D eigenvalue weighted by atomic mass is 16.8. The highest BCUT2D eigenvalue weighted by molar-refractivity contribution is 5.91. The van der Waals surface area contributed by atoms with Crippen LogP contribution in [0, 0.1) is 16.5 Å². The number of hydrogen-bond donors (Lipinski definition) is 3. The van der Waals surface area contributed by atoms with Gasteiger partial charge >= 0.3 is 5.97 Å². The molecular weight excluding hydrogens is 286 g/mol. The van der Waals surface area contributed by atoms with Gasteiger partial charge in [-0.25, -0.2) is 4.79 Å². The standard InChI is InChI=1S/C15H14N3O4/c1-8-12(7-16)14(13(15(19)20)9(2)17-8)10-4-3-5-11(6-10)18(21)22/h3-6,14,17,21H,1-2H3,(H,19,20)/q-1/t14-/m1/s1. The number of carbonyl (C=O) groups is 1. The summed E-state index contributed by atoms with van der Waals surface area (Å²) in [4.78, 5) is 11.6. The summed E-state index contributed by atoms with van der Waals surface area (Å²) in [6, 6.07) is 7.91. The van der Waals surface area contributed by atoms with Gasteiger partial charge in [0.05, 0.1) is 28.8 Å². The number of anilines is 1. The van der Waals surface area contributed by atoms with Crippen molar-refractivity contribution in [2.75, 3.05) is 5.23 Å². The van der Waals surface area contributed by atoms with Crippen LogP contribution in [-0.4, -0.2) is 16.3 Å². The summed E-state index contributed by atoms with van der Waals surface area (Å²) < 4.78 is 0. The molecule has 1 aromatic carbocycles. The number of nitrogens with one attached hydrogen (secondary N) is 1. The molecule has 0 saturated carbocycles. The molecule has 2 rings (SSSR count). The molecule has 0 saturated heterocycles. The van der Waals surface area contributed by atoms with Gasteiger partial charge in [0, 0.05) is 11.4 Å². The van der Waals surface area contributed by atoms with Crippen LogP contribution in [0.1, 0.15) is 25.3 Å². The summed E-state index contributed by atoms with van der Waals surface area (Å²) in [5.41, 5.74) is 1.70. The number of hydrogen-bond acceptors (Lipinski definition) is 6. The average molecular weight is 300 g/mol. The van der Waals surface area contributed by atoms with Crippen LogP contribution in [0.4, 0.5) is 5.69 Å². The average Bonchev–Trinajstić information content (AvgIpc) is 2.46. The minimum Gasteiger partial charge on any atom is -0.733 e. The number of carboxylic acid groups (broad SMARTS) is 1. The predicted molar refractivity (Wildman–Crippen MR) is 78.6 cm³/mol. The molecule has 0 aromatic heterocycles. The Hall–Kier alpha value is -2.82. The van der Waals surface area contributed by atoms with Crippen LogP contribution in [0.25, 0.3) is 0 Å². The summed E-state index contributed by atoms with van der Waals surface area (Å²) in [5, 5.41) is 41.5. The molecule has 0 radical (unpaired) electrons. The second kappa shape index (κ2) is 5.89. The normalized spacial score (nSPS) is 17.9. The maximum atomic E-state index is 11.6. The molecule has 0 bridgehead atoms. The van der Waals surface area contributed by atoms with Gasteiger partial charge in [0.2, 0.25) is 0 Å². The van der Waals surface area contributed by atoms with E-state index in [-0.39, 0.29) is 22.1 Å².